The first-order chi connectivity index (χ1) is 8.49. The molecule has 0 atom stereocenters. The van der Waals surface area contributed by atoms with Crippen LogP contribution in [-0.2, 0) is 13.6 Å². The monoisotopic (exact) mass is 327 g/mol. The van der Waals surface area contributed by atoms with Gasteiger partial charge in [-0.05, 0) is 47.5 Å². The number of aryl methyl sites for hydroxylation is 2. The van der Waals surface area contributed by atoms with Gasteiger partial charge in [0.1, 0.15) is 0 Å². The summed E-state index contributed by atoms with van der Waals surface area (Å²) in [7, 11) is 1.94. The van der Waals surface area contributed by atoms with Crippen molar-refractivity contribution >= 4 is 33.2 Å². The van der Waals surface area contributed by atoms with Gasteiger partial charge < -0.3 is 5.32 Å². The third-order valence-corrected chi connectivity index (χ3v) is 4.12. The topological polar surface area (TPSA) is 29.9 Å². The number of anilines is 1. The molecule has 0 aliphatic heterocycles. The molecule has 0 spiro atoms. The van der Waals surface area contributed by atoms with E-state index in [4.69, 9.17) is 11.6 Å². The van der Waals surface area contributed by atoms with E-state index in [-0.39, 0.29) is 0 Å². The molecule has 5 heteroatoms. The summed E-state index contributed by atoms with van der Waals surface area (Å²) in [6, 6.07) is 3.95. The lowest BCUT2D eigenvalue weighted by atomic mass is 10.2. The Kier molecular flexibility index (Phi) is 3.97. The molecule has 0 aliphatic carbocycles. The average Bonchev–Trinajstić information content (AvgIpc) is 2.63. The van der Waals surface area contributed by atoms with Crippen molar-refractivity contribution in [2.45, 2.75) is 20.4 Å². The van der Waals surface area contributed by atoms with E-state index in [1.54, 1.807) is 0 Å². The highest BCUT2D eigenvalue weighted by Gasteiger charge is 2.06. The Morgan fingerprint density at radius 3 is 2.72 bits per heavy atom. The molecule has 2 rings (SSSR count). The van der Waals surface area contributed by atoms with E-state index < -0.39 is 0 Å². The maximum atomic E-state index is 6.13. The highest BCUT2D eigenvalue weighted by Crippen LogP contribution is 2.29. The molecule has 1 aromatic heterocycles. The van der Waals surface area contributed by atoms with Gasteiger partial charge in [-0.15, -0.1) is 0 Å². The lowest BCUT2D eigenvalue weighted by Gasteiger charge is -2.10. The van der Waals surface area contributed by atoms with Gasteiger partial charge in [0.05, 0.1) is 11.9 Å². The predicted octanol–water partition coefficient (Wildman–Crippen LogP) is 4.06. The quantitative estimate of drug-likeness (QED) is 0.920. The van der Waals surface area contributed by atoms with Gasteiger partial charge in [-0.25, -0.2) is 0 Å². The van der Waals surface area contributed by atoms with Crippen LogP contribution in [0.3, 0.4) is 0 Å². The first kappa shape index (κ1) is 13.4. The maximum absolute atomic E-state index is 6.13. The Hall–Kier alpha value is -1.000. The van der Waals surface area contributed by atoms with Gasteiger partial charge in [0, 0.05) is 34.3 Å². The summed E-state index contributed by atoms with van der Waals surface area (Å²) < 4.78 is 2.89. The van der Waals surface area contributed by atoms with Crippen molar-refractivity contribution in [3.63, 3.8) is 0 Å². The number of rotatable bonds is 3. The van der Waals surface area contributed by atoms with E-state index >= 15 is 0 Å². The molecular formula is C13H15BrClN3. The third-order valence-electron chi connectivity index (χ3n) is 3.05. The van der Waals surface area contributed by atoms with Gasteiger partial charge in [0.2, 0.25) is 0 Å². The number of nitrogens with zero attached hydrogens (tertiary/aromatic N) is 2. The zero-order valence-electron chi connectivity index (χ0n) is 10.6. The van der Waals surface area contributed by atoms with Crippen LogP contribution in [0.1, 0.15) is 16.8 Å². The van der Waals surface area contributed by atoms with Gasteiger partial charge in [-0.2, -0.15) is 5.10 Å². The molecule has 2 aromatic rings. The maximum Gasteiger partial charge on any atom is 0.0542 e. The number of hydrogen-bond acceptors (Lipinski definition) is 2. The summed E-state index contributed by atoms with van der Waals surface area (Å²) in [5.41, 5.74) is 4.40. The fourth-order valence-electron chi connectivity index (χ4n) is 1.69. The van der Waals surface area contributed by atoms with Crippen molar-refractivity contribution in [3.05, 3.63) is 44.6 Å². The molecule has 96 valence electrons. The molecule has 0 radical (unpaired) electrons. The largest absolute Gasteiger partial charge is 0.380 e. The lowest BCUT2D eigenvalue weighted by molar-refractivity contribution is 0.738. The summed E-state index contributed by atoms with van der Waals surface area (Å²) in [6.45, 7) is 4.78. The van der Waals surface area contributed by atoms with Crippen molar-refractivity contribution < 1.29 is 0 Å². The Labute approximate surface area is 120 Å². The zero-order chi connectivity index (χ0) is 13.3. The summed E-state index contributed by atoms with van der Waals surface area (Å²) in [5.74, 6) is 0. The second-order valence-electron chi connectivity index (χ2n) is 4.31. The Balaban J connectivity index is 2.16. The van der Waals surface area contributed by atoms with Crippen LogP contribution in [0, 0.1) is 13.8 Å². The van der Waals surface area contributed by atoms with Gasteiger partial charge in [0.25, 0.3) is 0 Å². The molecule has 1 N–H and O–H groups in total. The normalized spacial score (nSPS) is 10.7. The van der Waals surface area contributed by atoms with Crippen LogP contribution in [0.2, 0.25) is 5.02 Å². The molecule has 0 saturated heterocycles. The summed E-state index contributed by atoms with van der Waals surface area (Å²) >= 11 is 9.66. The second-order valence-corrected chi connectivity index (χ2v) is 5.58. The van der Waals surface area contributed by atoms with E-state index in [0.717, 1.165) is 33.0 Å². The average molecular weight is 329 g/mol. The molecule has 1 heterocycles. The number of hydrogen-bond donors (Lipinski definition) is 1. The number of benzene rings is 1. The smallest absolute Gasteiger partial charge is 0.0542 e. The van der Waals surface area contributed by atoms with Crippen LogP contribution < -0.4 is 5.32 Å². The zero-order valence-corrected chi connectivity index (χ0v) is 12.9. The lowest BCUT2D eigenvalue weighted by Crippen LogP contribution is -2.02. The van der Waals surface area contributed by atoms with Gasteiger partial charge in [-0.1, -0.05) is 11.6 Å². The molecule has 18 heavy (non-hydrogen) atoms. The number of nitrogens with one attached hydrogen (secondary N) is 1. The SMILES string of the molecule is Cc1cc(Br)c(NCc2cnn(C)c2C)cc1Cl. The van der Waals surface area contributed by atoms with Gasteiger partial charge in [-0.3, -0.25) is 4.68 Å². The molecule has 0 amide bonds. The first-order valence-electron chi connectivity index (χ1n) is 5.66. The minimum atomic E-state index is 0.734. The first-order valence-corrected chi connectivity index (χ1v) is 6.83. The van der Waals surface area contributed by atoms with Crippen molar-refractivity contribution in [2.24, 2.45) is 7.05 Å². The third kappa shape index (κ3) is 2.70. The Morgan fingerprint density at radius 2 is 2.11 bits per heavy atom. The molecule has 0 unspecified atom stereocenters. The molecule has 1 aromatic carbocycles. The standard InChI is InChI=1S/C13H15BrClN3/c1-8-4-11(14)13(5-12(8)15)16-6-10-7-17-18(3)9(10)2/h4-5,7,16H,6H2,1-3H3. The van der Waals surface area contributed by atoms with E-state index in [9.17, 15) is 0 Å². The minimum absolute atomic E-state index is 0.734. The van der Waals surface area contributed by atoms with Crippen molar-refractivity contribution in [2.75, 3.05) is 5.32 Å². The second kappa shape index (κ2) is 5.33. The Bertz CT molecular complexity index is 578. The van der Waals surface area contributed by atoms with E-state index in [1.165, 1.54) is 5.56 Å². The molecule has 0 bridgehead atoms. The number of aromatic nitrogens is 2. The van der Waals surface area contributed by atoms with Crippen LogP contribution in [-0.4, -0.2) is 9.78 Å². The Morgan fingerprint density at radius 1 is 1.39 bits per heavy atom. The number of halogens is 2. The predicted molar refractivity (Wildman–Crippen MR) is 79.2 cm³/mol. The van der Waals surface area contributed by atoms with Crippen molar-refractivity contribution in [1.82, 2.24) is 9.78 Å². The fraction of sp³-hybridized carbons (Fsp3) is 0.308. The van der Waals surface area contributed by atoms with E-state index in [0.29, 0.717) is 0 Å². The van der Waals surface area contributed by atoms with Crippen molar-refractivity contribution in [1.29, 1.82) is 0 Å². The minimum Gasteiger partial charge on any atom is -0.380 e. The van der Waals surface area contributed by atoms with E-state index in [2.05, 4.69) is 33.3 Å². The van der Waals surface area contributed by atoms with Crippen LogP contribution in [0.15, 0.2) is 22.8 Å². The van der Waals surface area contributed by atoms with Crippen molar-refractivity contribution in [3.8, 4) is 0 Å². The fourth-order valence-corrected chi connectivity index (χ4v) is 2.45. The summed E-state index contributed by atoms with van der Waals surface area (Å²) in [4.78, 5) is 0. The van der Waals surface area contributed by atoms with E-state index in [1.807, 2.05) is 37.0 Å². The molecular weight excluding hydrogens is 314 g/mol. The van der Waals surface area contributed by atoms with Crippen LogP contribution in [0.4, 0.5) is 5.69 Å². The molecule has 3 nitrogen and oxygen atoms in total. The highest BCUT2D eigenvalue weighted by atomic mass is 79.9. The highest BCUT2D eigenvalue weighted by molar-refractivity contribution is 9.10. The molecule has 0 fully saturated rings. The van der Waals surface area contributed by atoms with Crippen LogP contribution in [0.5, 0.6) is 0 Å². The molecule has 0 aliphatic rings. The van der Waals surface area contributed by atoms with Crippen LogP contribution in [0.25, 0.3) is 0 Å². The summed E-state index contributed by atoms with van der Waals surface area (Å²) in [6.07, 6.45) is 1.88. The molecule has 0 saturated carbocycles. The van der Waals surface area contributed by atoms with Gasteiger partial charge >= 0.3 is 0 Å². The summed E-state index contributed by atoms with van der Waals surface area (Å²) in [5, 5.41) is 8.36. The van der Waals surface area contributed by atoms with Gasteiger partial charge in [0.15, 0.2) is 0 Å². The van der Waals surface area contributed by atoms with Crippen LogP contribution >= 0.6 is 27.5 Å².